The van der Waals surface area contributed by atoms with Crippen molar-refractivity contribution in [1.82, 2.24) is 9.80 Å². The van der Waals surface area contributed by atoms with Crippen LogP contribution in [-0.2, 0) is 14.6 Å². The number of nitrogens with zero attached hydrogens (tertiary/aromatic N) is 2. The van der Waals surface area contributed by atoms with Gasteiger partial charge in [0, 0.05) is 31.7 Å². The number of amides is 2. The number of benzene rings is 1. The molecule has 0 radical (unpaired) electrons. The van der Waals surface area contributed by atoms with Crippen LogP contribution >= 0.6 is 0 Å². The van der Waals surface area contributed by atoms with Crippen molar-refractivity contribution in [3.63, 3.8) is 0 Å². The second kappa shape index (κ2) is 7.11. The van der Waals surface area contributed by atoms with E-state index in [1.54, 1.807) is 15.9 Å². The van der Waals surface area contributed by atoms with Crippen LogP contribution in [0.1, 0.15) is 23.2 Å². The number of halogens is 1. The number of sulfone groups is 1. The Morgan fingerprint density at radius 3 is 2.48 bits per heavy atom. The quantitative estimate of drug-likeness (QED) is 0.779. The van der Waals surface area contributed by atoms with Gasteiger partial charge in [-0.2, -0.15) is 0 Å². The summed E-state index contributed by atoms with van der Waals surface area (Å²) in [6.45, 7) is 1.72. The van der Waals surface area contributed by atoms with Crippen molar-refractivity contribution in [3.8, 4) is 0 Å². The maximum Gasteiger partial charge on any atom is 0.254 e. The molecule has 0 aromatic heterocycles. The van der Waals surface area contributed by atoms with Gasteiger partial charge in [0.25, 0.3) is 5.91 Å². The maximum absolute atomic E-state index is 13.3. The summed E-state index contributed by atoms with van der Waals surface area (Å²) in [7, 11) is -3.10. The van der Waals surface area contributed by atoms with Crippen LogP contribution in [0.3, 0.4) is 0 Å². The molecule has 25 heavy (non-hydrogen) atoms. The molecule has 0 aliphatic carbocycles. The van der Waals surface area contributed by atoms with Crippen molar-refractivity contribution < 1.29 is 22.4 Å². The van der Waals surface area contributed by atoms with Gasteiger partial charge in [0.15, 0.2) is 9.84 Å². The van der Waals surface area contributed by atoms with E-state index in [0.717, 1.165) is 0 Å². The Hall–Kier alpha value is -1.96. The van der Waals surface area contributed by atoms with Gasteiger partial charge in [0.05, 0.1) is 17.4 Å². The SMILES string of the molecule is O=C(c1cccc(F)c1)N1CCCN(C(=O)C2CCS(=O)(=O)C2)CC1. The zero-order chi connectivity index (χ0) is 18.0. The molecule has 0 spiro atoms. The van der Waals surface area contributed by atoms with E-state index in [4.69, 9.17) is 0 Å². The van der Waals surface area contributed by atoms with Crippen molar-refractivity contribution >= 4 is 21.7 Å². The zero-order valence-corrected chi connectivity index (χ0v) is 14.7. The van der Waals surface area contributed by atoms with Crippen LogP contribution in [0.2, 0.25) is 0 Å². The maximum atomic E-state index is 13.3. The zero-order valence-electron chi connectivity index (χ0n) is 13.9. The lowest BCUT2D eigenvalue weighted by molar-refractivity contribution is -0.134. The summed E-state index contributed by atoms with van der Waals surface area (Å²) < 4.78 is 36.4. The van der Waals surface area contributed by atoms with Gasteiger partial charge in [-0.15, -0.1) is 0 Å². The molecule has 3 rings (SSSR count). The van der Waals surface area contributed by atoms with Crippen LogP contribution in [0, 0.1) is 11.7 Å². The van der Waals surface area contributed by atoms with E-state index in [1.807, 2.05) is 0 Å². The van der Waals surface area contributed by atoms with Crippen molar-refractivity contribution in [1.29, 1.82) is 0 Å². The minimum atomic E-state index is -3.10. The largest absolute Gasteiger partial charge is 0.341 e. The molecular weight excluding hydrogens is 347 g/mol. The van der Waals surface area contributed by atoms with Gasteiger partial charge in [0.1, 0.15) is 5.82 Å². The van der Waals surface area contributed by atoms with E-state index in [9.17, 15) is 22.4 Å². The van der Waals surface area contributed by atoms with Gasteiger partial charge in [-0.3, -0.25) is 9.59 Å². The van der Waals surface area contributed by atoms with Crippen LogP contribution in [0.5, 0.6) is 0 Å². The van der Waals surface area contributed by atoms with E-state index in [-0.39, 0.29) is 23.3 Å². The molecular formula is C17H21FN2O4S. The molecule has 2 aliphatic rings. The van der Waals surface area contributed by atoms with E-state index in [1.165, 1.54) is 18.2 Å². The summed E-state index contributed by atoms with van der Waals surface area (Å²) in [5.74, 6) is -1.32. The first-order valence-electron chi connectivity index (χ1n) is 8.40. The van der Waals surface area contributed by atoms with E-state index >= 15 is 0 Å². The summed E-state index contributed by atoms with van der Waals surface area (Å²) in [6.07, 6.45) is 0.996. The van der Waals surface area contributed by atoms with Gasteiger partial charge in [-0.05, 0) is 31.0 Å². The van der Waals surface area contributed by atoms with E-state index in [0.29, 0.717) is 44.6 Å². The monoisotopic (exact) mass is 368 g/mol. The van der Waals surface area contributed by atoms with Crippen molar-refractivity contribution in [2.45, 2.75) is 12.8 Å². The highest BCUT2D eigenvalue weighted by molar-refractivity contribution is 7.91. The highest BCUT2D eigenvalue weighted by atomic mass is 32.2. The summed E-state index contributed by atoms with van der Waals surface area (Å²) in [6, 6.07) is 5.56. The van der Waals surface area contributed by atoms with Crippen molar-refractivity contribution in [3.05, 3.63) is 35.6 Å². The fourth-order valence-corrected chi connectivity index (χ4v) is 5.13. The lowest BCUT2D eigenvalue weighted by Gasteiger charge is -2.24. The number of rotatable bonds is 2. The Kier molecular flexibility index (Phi) is 5.08. The van der Waals surface area contributed by atoms with Crippen LogP contribution in [0.15, 0.2) is 24.3 Å². The standard InChI is InChI=1S/C17H21FN2O4S/c18-15-4-1-3-13(11-15)16(21)19-6-2-7-20(9-8-19)17(22)14-5-10-25(23,24)12-14/h1,3-4,11,14H,2,5-10,12H2. The molecule has 136 valence electrons. The van der Waals surface area contributed by atoms with Crippen molar-refractivity contribution in [2.75, 3.05) is 37.7 Å². The third-order valence-corrected chi connectivity index (χ3v) is 6.52. The lowest BCUT2D eigenvalue weighted by Crippen LogP contribution is -2.40. The van der Waals surface area contributed by atoms with Gasteiger partial charge < -0.3 is 9.80 Å². The predicted octanol–water partition coefficient (Wildman–Crippen LogP) is 0.935. The number of carbonyl (C=O) groups excluding carboxylic acids is 2. The first-order valence-corrected chi connectivity index (χ1v) is 10.2. The van der Waals surface area contributed by atoms with E-state index < -0.39 is 21.6 Å². The van der Waals surface area contributed by atoms with Crippen molar-refractivity contribution in [2.24, 2.45) is 5.92 Å². The number of hydrogen-bond donors (Lipinski definition) is 0. The summed E-state index contributed by atoms with van der Waals surface area (Å²) in [5.41, 5.74) is 0.293. The van der Waals surface area contributed by atoms with Gasteiger partial charge in [-0.25, -0.2) is 12.8 Å². The molecule has 2 heterocycles. The number of hydrogen-bond acceptors (Lipinski definition) is 4. The normalized spacial score (nSPS) is 23.3. The topological polar surface area (TPSA) is 74.8 Å². The molecule has 6 nitrogen and oxygen atoms in total. The molecule has 2 saturated heterocycles. The minimum Gasteiger partial charge on any atom is -0.341 e. The molecule has 2 fully saturated rings. The first-order chi connectivity index (χ1) is 11.9. The number of carbonyl (C=O) groups is 2. The minimum absolute atomic E-state index is 0.0709. The van der Waals surface area contributed by atoms with Gasteiger partial charge >= 0.3 is 0 Å². The Morgan fingerprint density at radius 1 is 1.08 bits per heavy atom. The molecule has 0 bridgehead atoms. The van der Waals surface area contributed by atoms with Crippen LogP contribution in [-0.4, -0.2) is 67.7 Å². The van der Waals surface area contributed by atoms with Crippen LogP contribution in [0.25, 0.3) is 0 Å². The average molecular weight is 368 g/mol. The van der Waals surface area contributed by atoms with E-state index in [2.05, 4.69) is 0 Å². The third-order valence-electron chi connectivity index (χ3n) is 4.75. The van der Waals surface area contributed by atoms with Crippen LogP contribution < -0.4 is 0 Å². The molecule has 8 heteroatoms. The fraction of sp³-hybridized carbons (Fsp3) is 0.529. The van der Waals surface area contributed by atoms with Crippen LogP contribution in [0.4, 0.5) is 4.39 Å². The fourth-order valence-electron chi connectivity index (χ4n) is 3.39. The molecule has 1 aromatic rings. The average Bonchev–Trinajstić information content (AvgIpc) is 2.80. The molecule has 1 atom stereocenters. The molecule has 1 aromatic carbocycles. The second-order valence-corrected chi connectivity index (χ2v) is 8.81. The molecule has 2 amide bonds. The van der Waals surface area contributed by atoms with Gasteiger partial charge in [-0.1, -0.05) is 6.07 Å². The highest BCUT2D eigenvalue weighted by Gasteiger charge is 2.36. The summed E-state index contributed by atoms with van der Waals surface area (Å²) in [4.78, 5) is 28.3. The first kappa shape index (κ1) is 17.8. The Morgan fingerprint density at radius 2 is 1.80 bits per heavy atom. The predicted molar refractivity (Wildman–Crippen MR) is 90.3 cm³/mol. The Labute approximate surface area is 146 Å². The molecule has 2 aliphatic heterocycles. The second-order valence-electron chi connectivity index (χ2n) is 6.58. The third kappa shape index (κ3) is 4.18. The van der Waals surface area contributed by atoms with Gasteiger partial charge in [0.2, 0.25) is 5.91 Å². The lowest BCUT2D eigenvalue weighted by atomic mass is 10.1. The Balaban J connectivity index is 1.62. The molecule has 0 saturated carbocycles. The highest BCUT2D eigenvalue weighted by Crippen LogP contribution is 2.21. The molecule has 0 N–H and O–H groups in total. The Bertz CT molecular complexity index is 781. The summed E-state index contributed by atoms with van der Waals surface area (Å²) in [5, 5.41) is 0. The summed E-state index contributed by atoms with van der Waals surface area (Å²) >= 11 is 0. The molecule has 1 unspecified atom stereocenters. The smallest absolute Gasteiger partial charge is 0.254 e.